The van der Waals surface area contributed by atoms with Crippen LogP contribution in [0, 0.1) is 5.92 Å². The molecule has 1 heterocycles. The molecule has 0 aromatic heterocycles. The molecule has 1 saturated heterocycles. The Balaban J connectivity index is 1.65. The molecule has 0 saturated carbocycles. The molecule has 168 valence electrons. The maximum atomic E-state index is 13.2. The Morgan fingerprint density at radius 2 is 1.97 bits per heavy atom. The fourth-order valence-electron chi connectivity index (χ4n) is 3.65. The third-order valence-corrected chi connectivity index (χ3v) is 8.00. The van der Waals surface area contributed by atoms with Crippen molar-refractivity contribution in [2.45, 2.75) is 37.6 Å². The Hall–Kier alpha value is -1.61. The van der Waals surface area contributed by atoms with Crippen molar-refractivity contribution in [3.8, 4) is 5.75 Å². The molecule has 1 N–H and O–H groups in total. The lowest BCUT2D eigenvalue weighted by Gasteiger charge is -2.31. The van der Waals surface area contributed by atoms with E-state index >= 15 is 0 Å². The summed E-state index contributed by atoms with van der Waals surface area (Å²) in [6, 6.07) is 12.3. The summed E-state index contributed by atoms with van der Waals surface area (Å²) in [4.78, 5) is 12.8. The number of hydrogen-bond donors (Lipinski definition) is 1. The van der Waals surface area contributed by atoms with E-state index in [0.717, 1.165) is 10.0 Å². The minimum atomic E-state index is -3.77. The van der Waals surface area contributed by atoms with Crippen molar-refractivity contribution in [2.24, 2.45) is 5.92 Å². The van der Waals surface area contributed by atoms with Gasteiger partial charge in [0.15, 0.2) is 0 Å². The molecular weight excluding hydrogens is 504 g/mol. The first kappa shape index (κ1) is 24.0. The first-order valence-corrected chi connectivity index (χ1v) is 12.8. The fourth-order valence-corrected chi connectivity index (χ4v) is 5.93. The van der Waals surface area contributed by atoms with E-state index in [1.54, 1.807) is 19.1 Å². The summed E-state index contributed by atoms with van der Waals surface area (Å²) in [5, 5.41) is 3.38. The minimum absolute atomic E-state index is 0.0534. The molecule has 0 bridgehead atoms. The summed E-state index contributed by atoms with van der Waals surface area (Å²) in [6.07, 6.45) is 0.918. The molecular formula is C22H26BrClN2O4S. The number of carbonyl (C=O) groups is 1. The summed E-state index contributed by atoms with van der Waals surface area (Å²) >= 11 is 9.49. The van der Waals surface area contributed by atoms with Crippen molar-refractivity contribution in [2.75, 3.05) is 19.7 Å². The molecule has 0 radical (unpaired) electrons. The predicted molar refractivity (Wildman–Crippen MR) is 125 cm³/mol. The van der Waals surface area contributed by atoms with E-state index in [2.05, 4.69) is 21.2 Å². The van der Waals surface area contributed by atoms with E-state index in [-0.39, 0.29) is 41.6 Å². The van der Waals surface area contributed by atoms with E-state index in [1.807, 2.05) is 31.2 Å². The van der Waals surface area contributed by atoms with Crippen LogP contribution in [0.4, 0.5) is 0 Å². The van der Waals surface area contributed by atoms with Gasteiger partial charge < -0.3 is 10.1 Å². The van der Waals surface area contributed by atoms with E-state index < -0.39 is 10.0 Å². The molecule has 3 rings (SSSR count). The molecule has 0 unspecified atom stereocenters. The Morgan fingerprint density at radius 1 is 1.26 bits per heavy atom. The van der Waals surface area contributed by atoms with Gasteiger partial charge >= 0.3 is 0 Å². The maximum Gasteiger partial charge on any atom is 0.246 e. The standard InChI is InChI=1S/C22H26BrClN2O4S/c1-3-30-20-8-7-19(24)14-21(20)31(28,29)26-11-9-16(10-12-26)22(27)25-15(2)17-5-4-6-18(23)13-17/h4-8,13-16H,3,9-12H2,1-2H3,(H,25,27)/t15-/m0/s1. The average molecular weight is 530 g/mol. The lowest BCUT2D eigenvalue weighted by molar-refractivity contribution is -0.126. The van der Waals surface area contributed by atoms with Gasteiger partial charge in [-0.15, -0.1) is 0 Å². The number of benzene rings is 2. The summed E-state index contributed by atoms with van der Waals surface area (Å²) in [5.74, 6) is 0.00340. The van der Waals surface area contributed by atoms with Crippen LogP contribution in [0.2, 0.25) is 5.02 Å². The quantitative estimate of drug-likeness (QED) is 0.560. The number of nitrogens with one attached hydrogen (secondary N) is 1. The molecule has 0 spiro atoms. The van der Waals surface area contributed by atoms with Crippen LogP contribution in [0.5, 0.6) is 5.75 Å². The number of ether oxygens (including phenoxy) is 1. The summed E-state index contributed by atoms with van der Waals surface area (Å²) < 4.78 is 34.2. The largest absolute Gasteiger partial charge is 0.492 e. The number of nitrogens with zero attached hydrogens (tertiary/aromatic N) is 1. The zero-order chi connectivity index (χ0) is 22.6. The number of sulfonamides is 1. The number of piperidine rings is 1. The Bertz CT molecular complexity index is 1040. The molecule has 9 heteroatoms. The van der Waals surface area contributed by atoms with Gasteiger partial charge in [0, 0.05) is 28.5 Å². The van der Waals surface area contributed by atoms with Crippen LogP contribution in [0.1, 0.15) is 38.3 Å². The van der Waals surface area contributed by atoms with E-state index in [4.69, 9.17) is 16.3 Å². The molecule has 1 amide bonds. The van der Waals surface area contributed by atoms with Crippen molar-refractivity contribution < 1.29 is 17.9 Å². The molecule has 2 aromatic rings. The van der Waals surface area contributed by atoms with Crippen LogP contribution < -0.4 is 10.1 Å². The van der Waals surface area contributed by atoms with Gasteiger partial charge in [0.2, 0.25) is 15.9 Å². The molecule has 31 heavy (non-hydrogen) atoms. The van der Waals surface area contributed by atoms with Crippen LogP contribution >= 0.6 is 27.5 Å². The molecule has 1 fully saturated rings. The highest BCUT2D eigenvalue weighted by Gasteiger charge is 2.34. The Kier molecular flexibility index (Phi) is 8.02. The second-order valence-corrected chi connectivity index (χ2v) is 10.7. The van der Waals surface area contributed by atoms with Crippen LogP contribution in [0.3, 0.4) is 0 Å². The number of hydrogen-bond acceptors (Lipinski definition) is 4. The maximum absolute atomic E-state index is 13.2. The van der Waals surface area contributed by atoms with Crippen LogP contribution in [-0.2, 0) is 14.8 Å². The normalized spacial score (nSPS) is 16.6. The smallest absolute Gasteiger partial charge is 0.246 e. The highest BCUT2D eigenvalue weighted by Crippen LogP contribution is 2.32. The SMILES string of the molecule is CCOc1ccc(Cl)cc1S(=O)(=O)N1CCC(C(=O)N[C@@H](C)c2cccc(Br)c2)CC1. The van der Waals surface area contributed by atoms with Gasteiger partial charge in [-0.05, 0) is 62.6 Å². The predicted octanol–water partition coefficient (Wildman–Crippen LogP) is 4.78. The highest BCUT2D eigenvalue weighted by atomic mass is 79.9. The van der Waals surface area contributed by atoms with Gasteiger partial charge in [-0.2, -0.15) is 4.31 Å². The van der Waals surface area contributed by atoms with E-state index in [9.17, 15) is 13.2 Å². The van der Waals surface area contributed by atoms with E-state index in [1.165, 1.54) is 10.4 Å². The molecule has 2 aromatic carbocycles. The topological polar surface area (TPSA) is 75.7 Å². The molecule has 1 atom stereocenters. The number of amides is 1. The van der Waals surface area contributed by atoms with Crippen molar-refractivity contribution >= 4 is 43.5 Å². The Labute approximate surface area is 197 Å². The zero-order valence-corrected chi connectivity index (χ0v) is 20.6. The second kappa shape index (κ2) is 10.3. The van der Waals surface area contributed by atoms with Crippen molar-refractivity contribution in [3.63, 3.8) is 0 Å². The number of halogens is 2. The molecule has 6 nitrogen and oxygen atoms in total. The number of rotatable bonds is 7. The summed E-state index contributed by atoms with van der Waals surface area (Å²) in [6.45, 7) is 4.62. The van der Waals surface area contributed by atoms with Crippen LogP contribution in [-0.4, -0.2) is 38.3 Å². The molecule has 1 aliphatic rings. The fraction of sp³-hybridized carbons (Fsp3) is 0.409. The van der Waals surface area contributed by atoms with Gasteiger partial charge in [-0.25, -0.2) is 8.42 Å². The first-order chi connectivity index (χ1) is 14.7. The lowest BCUT2D eigenvalue weighted by atomic mass is 9.96. The van der Waals surface area contributed by atoms with Gasteiger partial charge in [-0.3, -0.25) is 4.79 Å². The summed E-state index contributed by atoms with van der Waals surface area (Å²) in [7, 11) is -3.77. The third-order valence-electron chi connectivity index (χ3n) is 5.36. The van der Waals surface area contributed by atoms with Gasteiger partial charge in [0.1, 0.15) is 10.6 Å². The average Bonchev–Trinajstić information content (AvgIpc) is 2.75. The number of carbonyl (C=O) groups excluding carboxylic acids is 1. The van der Waals surface area contributed by atoms with Gasteiger partial charge in [0.25, 0.3) is 0 Å². The third kappa shape index (κ3) is 5.80. The van der Waals surface area contributed by atoms with Crippen LogP contribution in [0.15, 0.2) is 51.8 Å². The highest BCUT2D eigenvalue weighted by molar-refractivity contribution is 9.10. The van der Waals surface area contributed by atoms with E-state index in [0.29, 0.717) is 24.5 Å². The van der Waals surface area contributed by atoms with Gasteiger partial charge in [0.05, 0.1) is 12.6 Å². The first-order valence-electron chi connectivity index (χ1n) is 10.2. The minimum Gasteiger partial charge on any atom is -0.492 e. The Morgan fingerprint density at radius 3 is 2.61 bits per heavy atom. The molecule has 0 aliphatic carbocycles. The van der Waals surface area contributed by atoms with Gasteiger partial charge in [-0.1, -0.05) is 39.7 Å². The van der Waals surface area contributed by atoms with Crippen molar-refractivity contribution in [1.82, 2.24) is 9.62 Å². The van der Waals surface area contributed by atoms with Crippen molar-refractivity contribution in [3.05, 3.63) is 57.5 Å². The van der Waals surface area contributed by atoms with Crippen LogP contribution in [0.25, 0.3) is 0 Å². The lowest BCUT2D eigenvalue weighted by Crippen LogP contribution is -2.43. The zero-order valence-electron chi connectivity index (χ0n) is 17.5. The molecule has 1 aliphatic heterocycles. The summed E-state index contributed by atoms with van der Waals surface area (Å²) in [5.41, 5.74) is 1.01. The van der Waals surface area contributed by atoms with Crippen molar-refractivity contribution in [1.29, 1.82) is 0 Å². The monoisotopic (exact) mass is 528 g/mol. The second-order valence-electron chi connectivity index (χ2n) is 7.49.